The number of ether oxygens (including phenoxy) is 1. The maximum Gasteiger partial charge on any atom is 0.234 e. The molecule has 0 fully saturated rings. The Balaban J connectivity index is 2.14. The third-order valence-electron chi connectivity index (χ3n) is 2.26. The van der Waals surface area contributed by atoms with Gasteiger partial charge in [0, 0.05) is 5.69 Å². The van der Waals surface area contributed by atoms with Crippen molar-refractivity contribution in [3.05, 3.63) is 47.4 Å². The van der Waals surface area contributed by atoms with Gasteiger partial charge in [-0.25, -0.2) is 0 Å². The predicted octanol–water partition coefficient (Wildman–Crippen LogP) is 2.85. The fourth-order valence-electron chi connectivity index (χ4n) is 1.44. The van der Waals surface area contributed by atoms with Crippen molar-refractivity contribution >= 4 is 17.3 Å². The summed E-state index contributed by atoms with van der Waals surface area (Å²) in [5.74, 6) is 0.396. The minimum absolute atomic E-state index is 0.161. The van der Waals surface area contributed by atoms with E-state index in [4.69, 9.17) is 22.1 Å². The molecule has 2 aromatic rings. The topological polar surface area (TPSA) is 61.0 Å². The van der Waals surface area contributed by atoms with Crippen LogP contribution in [0.3, 0.4) is 0 Å². The van der Waals surface area contributed by atoms with E-state index in [1.807, 2.05) is 31.2 Å². The average Bonchev–Trinajstić information content (AvgIpc) is 2.29. The summed E-state index contributed by atoms with van der Waals surface area (Å²) in [5, 5.41) is 0.308. The summed E-state index contributed by atoms with van der Waals surface area (Å²) >= 11 is 5.73. The lowest BCUT2D eigenvalue weighted by Gasteiger charge is -2.14. The largest absolute Gasteiger partial charge is 0.469 e. The Bertz CT molecular complexity index is 519. The second-order valence-corrected chi connectivity index (χ2v) is 4.00. The van der Waals surface area contributed by atoms with Crippen LogP contribution in [0.2, 0.25) is 5.15 Å². The number of anilines is 1. The van der Waals surface area contributed by atoms with Crippen molar-refractivity contribution in [3.8, 4) is 5.88 Å². The highest BCUT2D eigenvalue weighted by Crippen LogP contribution is 2.21. The zero-order valence-corrected chi connectivity index (χ0v) is 10.1. The summed E-state index contributed by atoms with van der Waals surface area (Å²) in [5.41, 5.74) is 7.39. The number of nitrogen functional groups attached to an aromatic ring is 1. The number of hydrogen-bond acceptors (Lipinski definition) is 4. The van der Waals surface area contributed by atoms with E-state index in [-0.39, 0.29) is 6.10 Å². The lowest BCUT2D eigenvalue weighted by molar-refractivity contribution is 0.216. The summed E-state index contributed by atoms with van der Waals surface area (Å²) in [6.07, 6.45) is 2.82. The molecule has 2 rings (SSSR count). The molecule has 1 aromatic heterocycles. The quantitative estimate of drug-likeness (QED) is 0.850. The first kappa shape index (κ1) is 11.7. The van der Waals surface area contributed by atoms with Gasteiger partial charge in [0.1, 0.15) is 6.10 Å². The first-order valence-electron chi connectivity index (χ1n) is 5.15. The number of halogens is 1. The van der Waals surface area contributed by atoms with Crippen LogP contribution in [0.15, 0.2) is 36.7 Å². The second-order valence-electron chi connectivity index (χ2n) is 3.61. The Morgan fingerprint density at radius 1 is 1.35 bits per heavy atom. The number of hydrogen-bond donors (Lipinski definition) is 1. The van der Waals surface area contributed by atoms with Crippen molar-refractivity contribution in [2.75, 3.05) is 5.73 Å². The summed E-state index contributed by atoms with van der Waals surface area (Å²) < 4.78 is 5.62. The molecule has 4 nitrogen and oxygen atoms in total. The maximum absolute atomic E-state index is 5.73. The van der Waals surface area contributed by atoms with E-state index in [0.29, 0.717) is 16.7 Å². The summed E-state index contributed by atoms with van der Waals surface area (Å²) in [6.45, 7) is 1.91. The van der Waals surface area contributed by atoms with E-state index in [9.17, 15) is 0 Å². The molecule has 88 valence electrons. The highest BCUT2D eigenvalue weighted by Gasteiger charge is 2.08. The molecule has 0 aliphatic heterocycles. The third kappa shape index (κ3) is 3.07. The molecule has 1 unspecified atom stereocenters. The molecule has 5 heteroatoms. The van der Waals surface area contributed by atoms with Gasteiger partial charge in [0.2, 0.25) is 5.88 Å². The molecule has 0 aliphatic rings. The van der Waals surface area contributed by atoms with E-state index in [1.165, 1.54) is 12.4 Å². The van der Waals surface area contributed by atoms with Gasteiger partial charge in [-0.1, -0.05) is 23.7 Å². The Kier molecular flexibility index (Phi) is 3.44. The Hall–Kier alpha value is -1.81. The van der Waals surface area contributed by atoms with Crippen LogP contribution in [-0.2, 0) is 0 Å². The summed E-state index contributed by atoms with van der Waals surface area (Å²) in [6, 6.07) is 7.52. The fourth-order valence-corrected chi connectivity index (χ4v) is 1.58. The molecule has 0 spiro atoms. The van der Waals surface area contributed by atoms with Crippen molar-refractivity contribution < 1.29 is 4.74 Å². The van der Waals surface area contributed by atoms with Gasteiger partial charge in [-0.15, -0.1) is 0 Å². The van der Waals surface area contributed by atoms with Crippen LogP contribution in [0, 0.1) is 0 Å². The maximum atomic E-state index is 5.73. The molecule has 1 atom stereocenters. The molecular formula is C12H12ClN3O. The third-order valence-corrected chi connectivity index (χ3v) is 2.44. The van der Waals surface area contributed by atoms with Gasteiger partial charge in [0.05, 0.1) is 12.4 Å². The Labute approximate surface area is 104 Å². The SMILES string of the molecule is CC(Oc1cncc(Cl)n1)c1cccc(N)c1. The zero-order valence-electron chi connectivity index (χ0n) is 9.30. The molecule has 0 saturated carbocycles. The van der Waals surface area contributed by atoms with Crippen LogP contribution in [0.5, 0.6) is 5.88 Å². The number of nitrogens with zero attached hydrogens (tertiary/aromatic N) is 2. The normalized spacial score (nSPS) is 12.1. The van der Waals surface area contributed by atoms with Crippen LogP contribution in [0.25, 0.3) is 0 Å². The molecule has 0 radical (unpaired) electrons. The van der Waals surface area contributed by atoms with Crippen LogP contribution >= 0.6 is 11.6 Å². The minimum atomic E-state index is -0.161. The fraction of sp³-hybridized carbons (Fsp3) is 0.167. The number of nitrogens with two attached hydrogens (primary N) is 1. The first-order valence-corrected chi connectivity index (χ1v) is 5.52. The molecule has 1 aromatic carbocycles. The molecule has 2 N–H and O–H groups in total. The smallest absolute Gasteiger partial charge is 0.234 e. The molecule has 17 heavy (non-hydrogen) atoms. The summed E-state index contributed by atoms with van der Waals surface area (Å²) in [4.78, 5) is 7.91. The molecule has 0 aliphatic carbocycles. The Morgan fingerprint density at radius 3 is 2.88 bits per heavy atom. The van der Waals surface area contributed by atoms with E-state index < -0.39 is 0 Å². The van der Waals surface area contributed by atoms with Crippen molar-refractivity contribution in [1.82, 2.24) is 9.97 Å². The molecular weight excluding hydrogens is 238 g/mol. The standard InChI is InChI=1S/C12H12ClN3O/c1-8(9-3-2-4-10(14)5-9)17-12-7-15-6-11(13)16-12/h2-8H,14H2,1H3. The summed E-state index contributed by atoms with van der Waals surface area (Å²) in [7, 11) is 0. The van der Waals surface area contributed by atoms with Crippen LogP contribution in [0.1, 0.15) is 18.6 Å². The Morgan fingerprint density at radius 2 is 2.18 bits per heavy atom. The zero-order chi connectivity index (χ0) is 12.3. The first-order chi connectivity index (χ1) is 8.15. The number of benzene rings is 1. The number of rotatable bonds is 3. The minimum Gasteiger partial charge on any atom is -0.469 e. The van der Waals surface area contributed by atoms with Gasteiger partial charge in [-0.2, -0.15) is 4.98 Å². The van der Waals surface area contributed by atoms with Crippen molar-refractivity contribution in [3.63, 3.8) is 0 Å². The molecule has 0 amide bonds. The van der Waals surface area contributed by atoms with Gasteiger partial charge in [-0.3, -0.25) is 4.98 Å². The van der Waals surface area contributed by atoms with Crippen molar-refractivity contribution in [2.45, 2.75) is 13.0 Å². The van der Waals surface area contributed by atoms with Gasteiger partial charge >= 0.3 is 0 Å². The van der Waals surface area contributed by atoms with Crippen LogP contribution in [0.4, 0.5) is 5.69 Å². The highest BCUT2D eigenvalue weighted by molar-refractivity contribution is 6.29. The van der Waals surface area contributed by atoms with Crippen LogP contribution in [-0.4, -0.2) is 9.97 Å². The van der Waals surface area contributed by atoms with Gasteiger partial charge in [0.15, 0.2) is 5.15 Å². The van der Waals surface area contributed by atoms with Crippen molar-refractivity contribution in [2.24, 2.45) is 0 Å². The highest BCUT2D eigenvalue weighted by atomic mass is 35.5. The molecule has 1 heterocycles. The molecule has 0 bridgehead atoms. The van der Waals surface area contributed by atoms with Gasteiger partial charge in [0.25, 0.3) is 0 Å². The lowest BCUT2D eigenvalue weighted by Crippen LogP contribution is -2.05. The molecule has 0 saturated heterocycles. The van der Waals surface area contributed by atoms with Gasteiger partial charge < -0.3 is 10.5 Å². The number of aromatic nitrogens is 2. The van der Waals surface area contributed by atoms with E-state index in [2.05, 4.69) is 9.97 Å². The predicted molar refractivity (Wildman–Crippen MR) is 66.9 cm³/mol. The van der Waals surface area contributed by atoms with Crippen molar-refractivity contribution in [1.29, 1.82) is 0 Å². The average molecular weight is 250 g/mol. The van der Waals surface area contributed by atoms with Crippen LogP contribution < -0.4 is 10.5 Å². The van der Waals surface area contributed by atoms with Gasteiger partial charge in [-0.05, 0) is 24.6 Å². The lowest BCUT2D eigenvalue weighted by atomic mass is 10.1. The monoisotopic (exact) mass is 249 g/mol. The second kappa shape index (κ2) is 5.01. The van der Waals surface area contributed by atoms with E-state index in [0.717, 1.165) is 5.56 Å². The van der Waals surface area contributed by atoms with E-state index in [1.54, 1.807) is 0 Å². The van der Waals surface area contributed by atoms with E-state index >= 15 is 0 Å².